The number of hydrogen-bond donors (Lipinski definition) is 6. The molecule has 0 atom stereocenters. The van der Waals surface area contributed by atoms with E-state index >= 15 is 0 Å². The number of aromatic nitrogens is 3. The molecular formula is C44H66ClN10O8+. The van der Waals surface area contributed by atoms with Crippen LogP contribution in [0.15, 0.2) is 61.3 Å². The lowest BCUT2D eigenvalue weighted by molar-refractivity contribution is -0.487. The second-order valence-electron chi connectivity index (χ2n) is 15.2. The molecule has 2 aromatic heterocycles. The number of nitrogens with zero attached hydrogens (tertiary/aromatic N) is 5. The summed E-state index contributed by atoms with van der Waals surface area (Å²) in [6.07, 6.45) is 7.65. The normalized spacial score (nSPS) is 12.8. The number of rotatable bonds is 30. The van der Waals surface area contributed by atoms with Crippen LogP contribution >= 0.6 is 11.6 Å². The van der Waals surface area contributed by atoms with Crippen molar-refractivity contribution in [1.29, 1.82) is 0 Å². The number of alkyl halides is 1. The van der Waals surface area contributed by atoms with Crippen LogP contribution in [-0.4, -0.2) is 147 Å². The molecule has 63 heavy (non-hydrogen) atoms. The maximum atomic E-state index is 13.0. The molecule has 3 heterocycles. The van der Waals surface area contributed by atoms with Crippen LogP contribution in [0.4, 0.5) is 33.8 Å². The minimum atomic E-state index is -1.14. The maximum Gasteiger partial charge on any atom is 0.317 e. The van der Waals surface area contributed by atoms with Crippen molar-refractivity contribution < 1.29 is 43.8 Å². The van der Waals surface area contributed by atoms with Crippen LogP contribution < -0.4 is 31.5 Å². The van der Waals surface area contributed by atoms with Gasteiger partial charge in [0.05, 0.1) is 58.1 Å². The van der Waals surface area contributed by atoms with Crippen molar-refractivity contribution in [2.75, 3.05) is 115 Å². The standard InChI is InChI=1S/C44H65ClN10O8/c1-4-18-47-41(57)36-33-49-42(53-40(36)52-38-11-9-10-37(51-38)44(2,3)59)50-34-12-14-35(15-13-34)54-21-23-55(24-22-54)43(58)48-20-28-63-32-30-61-26-16-39(56)46-19-27-62-31-29-60-25-8-6-5-7-17-45/h4,9-15,33,59H,1,5-8,16-32H2,2-3H3,(H,46,56)(H,47,57)(H,48,58)(H2,49,50,51,52,53)/p+1. The zero-order valence-electron chi connectivity index (χ0n) is 36.7. The molecule has 0 aliphatic carbocycles. The molecule has 0 spiro atoms. The van der Waals surface area contributed by atoms with Gasteiger partial charge < -0.3 is 55.1 Å². The van der Waals surface area contributed by atoms with Crippen LogP contribution in [-0.2, 0) is 29.3 Å². The lowest BCUT2D eigenvalue weighted by Crippen LogP contribution is -2.73. The quantitative estimate of drug-likeness (QED) is 0.0321. The van der Waals surface area contributed by atoms with E-state index in [9.17, 15) is 19.5 Å². The topological polar surface area (TPSA) is 218 Å². The Kier molecular flexibility index (Phi) is 23.1. The zero-order valence-corrected chi connectivity index (χ0v) is 37.5. The predicted octanol–water partition coefficient (Wildman–Crippen LogP) is 3.49. The van der Waals surface area contributed by atoms with Gasteiger partial charge in [-0.15, -0.1) is 18.2 Å². The third kappa shape index (κ3) is 19.5. The number of carbonyl (C=O) groups excluding carboxylic acids is 3. The van der Waals surface area contributed by atoms with Gasteiger partial charge in [-0.05, 0) is 57.0 Å². The Labute approximate surface area is 375 Å². The van der Waals surface area contributed by atoms with Gasteiger partial charge in [-0.2, -0.15) is 9.97 Å². The number of nitrogens with two attached hydrogens (primary N) is 1. The number of ether oxygens (including phenoxy) is 4. The van der Waals surface area contributed by atoms with Gasteiger partial charge in [0, 0.05) is 82.2 Å². The van der Waals surface area contributed by atoms with Gasteiger partial charge >= 0.3 is 6.03 Å². The molecule has 0 saturated carbocycles. The Morgan fingerprint density at radius 1 is 0.825 bits per heavy atom. The SMILES string of the molecule is C=CCNC(=O)c1cnc(Nc2ccc(N3CCN(C(=O)NCCOCCOCCC(=O)NCCOCCOCCCCCCCl)CC3)cc2)nc1[NH2+]c1cccc(C(C)(C)O)n1. The fraction of sp³-hybridized carbons (Fsp3) is 0.545. The fourth-order valence-corrected chi connectivity index (χ4v) is 6.41. The van der Waals surface area contributed by atoms with Crippen molar-refractivity contribution in [1.82, 2.24) is 35.8 Å². The first kappa shape index (κ1) is 50.7. The molecule has 1 aromatic carbocycles. The van der Waals surface area contributed by atoms with Crippen molar-refractivity contribution in [3.05, 3.63) is 72.6 Å². The Hall–Kier alpha value is -4.95. The summed E-state index contributed by atoms with van der Waals surface area (Å²) in [5, 5.41) is 23.9. The highest BCUT2D eigenvalue weighted by Gasteiger charge is 2.24. The molecule has 18 nitrogen and oxygen atoms in total. The average molecular weight is 899 g/mol. The first-order valence-corrected chi connectivity index (χ1v) is 22.2. The summed E-state index contributed by atoms with van der Waals surface area (Å²) in [6, 6.07) is 13.0. The summed E-state index contributed by atoms with van der Waals surface area (Å²) in [5.41, 5.74) is 1.38. The van der Waals surface area contributed by atoms with E-state index in [0.717, 1.165) is 43.7 Å². The Bertz CT molecular complexity index is 1830. The van der Waals surface area contributed by atoms with Gasteiger partial charge in [-0.3, -0.25) is 9.59 Å². The van der Waals surface area contributed by atoms with E-state index in [1.54, 1.807) is 48.3 Å². The number of quaternary nitrogens is 1. The molecule has 19 heteroatoms. The Balaban J connectivity index is 1.07. The van der Waals surface area contributed by atoms with Crippen molar-refractivity contribution in [2.45, 2.75) is 51.6 Å². The molecule has 3 aromatic rings. The molecule has 7 N–H and O–H groups in total. The molecule has 346 valence electrons. The van der Waals surface area contributed by atoms with E-state index in [2.05, 4.69) is 47.7 Å². The van der Waals surface area contributed by atoms with Crippen molar-refractivity contribution >= 4 is 58.4 Å². The minimum absolute atomic E-state index is 0.0970. The van der Waals surface area contributed by atoms with Crippen LogP contribution in [0.25, 0.3) is 0 Å². The van der Waals surface area contributed by atoms with Crippen LogP contribution in [0.5, 0.6) is 0 Å². The molecule has 0 radical (unpaired) electrons. The first-order chi connectivity index (χ1) is 30.6. The van der Waals surface area contributed by atoms with Gasteiger partial charge in [0.15, 0.2) is 0 Å². The zero-order chi connectivity index (χ0) is 45.1. The minimum Gasteiger partial charge on any atom is -0.384 e. The molecule has 0 bridgehead atoms. The van der Waals surface area contributed by atoms with Gasteiger partial charge in [-0.25, -0.2) is 15.1 Å². The van der Waals surface area contributed by atoms with Crippen LogP contribution in [0.2, 0.25) is 0 Å². The number of unbranched alkanes of at least 4 members (excludes halogenated alkanes) is 3. The molecule has 1 saturated heterocycles. The van der Waals surface area contributed by atoms with Gasteiger partial charge in [0.2, 0.25) is 23.5 Å². The summed E-state index contributed by atoms with van der Waals surface area (Å²) < 4.78 is 22.1. The van der Waals surface area contributed by atoms with Gasteiger partial charge in [-0.1, -0.05) is 25.0 Å². The van der Waals surface area contributed by atoms with Crippen molar-refractivity contribution in [3.8, 4) is 0 Å². The Morgan fingerprint density at radius 2 is 1.49 bits per heavy atom. The van der Waals surface area contributed by atoms with Crippen molar-refractivity contribution in [3.63, 3.8) is 0 Å². The highest BCUT2D eigenvalue weighted by molar-refractivity contribution is 6.17. The predicted molar refractivity (Wildman–Crippen MR) is 242 cm³/mol. The summed E-state index contributed by atoms with van der Waals surface area (Å²) in [4.78, 5) is 55.3. The number of urea groups is 1. The van der Waals surface area contributed by atoms with Crippen LogP contribution in [0.3, 0.4) is 0 Å². The number of pyridine rings is 1. The third-order valence-corrected chi connectivity index (χ3v) is 9.96. The van der Waals surface area contributed by atoms with Gasteiger partial charge in [0.1, 0.15) is 11.2 Å². The highest BCUT2D eigenvalue weighted by Crippen LogP contribution is 2.23. The molecule has 4 amide bonds. The molecule has 4 rings (SSSR count). The van der Waals surface area contributed by atoms with Gasteiger partial charge in [0.25, 0.3) is 5.91 Å². The number of amides is 4. The maximum absolute atomic E-state index is 13.0. The van der Waals surface area contributed by atoms with E-state index in [1.807, 2.05) is 24.3 Å². The molecule has 1 fully saturated rings. The number of benzene rings is 1. The molecule has 1 aliphatic rings. The lowest BCUT2D eigenvalue weighted by Gasteiger charge is -2.36. The van der Waals surface area contributed by atoms with E-state index < -0.39 is 5.60 Å². The molecule has 0 unspecified atom stereocenters. The Morgan fingerprint density at radius 3 is 2.17 bits per heavy atom. The summed E-state index contributed by atoms with van der Waals surface area (Å²) in [6.45, 7) is 14.1. The number of halogens is 1. The number of anilines is 3. The van der Waals surface area contributed by atoms with Crippen LogP contribution in [0.1, 0.15) is 62.0 Å². The average Bonchev–Trinajstić information content (AvgIpc) is 3.28. The summed E-state index contributed by atoms with van der Waals surface area (Å²) in [7, 11) is 0. The number of nitrogens with one attached hydrogen (secondary N) is 4. The molecule has 1 aliphatic heterocycles. The van der Waals surface area contributed by atoms with E-state index in [0.29, 0.717) is 115 Å². The third-order valence-electron chi connectivity index (χ3n) is 9.69. The number of aliphatic hydroxyl groups is 1. The summed E-state index contributed by atoms with van der Waals surface area (Å²) in [5.74, 6) is 1.44. The highest BCUT2D eigenvalue weighted by atomic mass is 35.5. The first-order valence-electron chi connectivity index (χ1n) is 21.7. The largest absolute Gasteiger partial charge is 0.384 e. The van der Waals surface area contributed by atoms with E-state index in [1.165, 1.54) is 6.20 Å². The van der Waals surface area contributed by atoms with E-state index in [-0.39, 0.29) is 36.4 Å². The second kappa shape index (κ2) is 28.7. The lowest BCUT2D eigenvalue weighted by atomic mass is 10.1. The smallest absolute Gasteiger partial charge is 0.317 e. The number of carbonyl (C=O) groups is 3. The monoisotopic (exact) mass is 897 g/mol. The number of piperazine rings is 1. The fourth-order valence-electron chi connectivity index (χ4n) is 6.22. The summed E-state index contributed by atoms with van der Waals surface area (Å²) >= 11 is 5.67. The van der Waals surface area contributed by atoms with Crippen molar-refractivity contribution in [2.24, 2.45) is 0 Å². The van der Waals surface area contributed by atoms with E-state index in [4.69, 9.17) is 30.5 Å². The van der Waals surface area contributed by atoms with Crippen LogP contribution in [0, 0.1) is 0 Å². The molecular weight excluding hydrogens is 832 g/mol. The second-order valence-corrected chi connectivity index (χ2v) is 15.6. The number of hydrogen-bond acceptors (Lipinski definition) is 13.